The number of thiazole rings is 1. The largest absolute Gasteiger partial charge is 0.331 e. The van der Waals surface area contributed by atoms with E-state index in [1.165, 1.54) is 15.7 Å². The van der Waals surface area contributed by atoms with Crippen molar-refractivity contribution < 1.29 is 14.1 Å². The molecular weight excluding hydrogens is 349 g/mol. The van der Waals surface area contributed by atoms with Crippen LogP contribution >= 0.6 is 11.3 Å². The fourth-order valence-electron chi connectivity index (χ4n) is 3.38. The van der Waals surface area contributed by atoms with Crippen molar-refractivity contribution in [3.8, 4) is 0 Å². The number of nitrogens with zero attached hydrogens (tertiary/aromatic N) is 2. The van der Waals surface area contributed by atoms with Gasteiger partial charge in [-0.2, -0.15) is 0 Å². The van der Waals surface area contributed by atoms with Crippen LogP contribution in [0.3, 0.4) is 0 Å². The number of quaternary nitrogens is 1. The number of piperazine rings is 1. The summed E-state index contributed by atoms with van der Waals surface area (Å²) in [5, 5.41) is 1.15. The second-order valence-corrected chi connectivity index (χ2v) is 7.77. The fraction of sp³-hybridized carbons (Fsp3) is 0.300. The quantitative estimate of drug-likeness (QED) is 0.762. The van der Waals surface area contributed by atoms with Gasteiger partial charge in [-0.15, -0.1) is 11.3 Å². The van der Waals surface area contributed by atoms with Crippen molar-refractivity contribution in [2.75, 3.05) is 26.2 Å². The summed E-state index contributed by atoms with van der Waals surface area (Å²) in [6.45, 7) is 4.13. The molecule has 134 valence electrons. The van der Waals surface area contributed by atoms with Crippen LogP contribution in [-0.2, 0) is 17.8 Å². The summed E-state index contributed by atoms with van der Waals surface area (Å²) in [5.41, 5.74) is 1.53. The van der Waals surface area contributed by atoms with Crippen molar-refractivity contribution in [2.45, 2.75) is 13.0 Å². The van der Waals surface area contributed by atoms with E-state index < -0.39 is 0 Å². The summed E-state index contributed by atoms with van der Waals surface area (Å²) in [6.07, 6.45) is 0.139. The molecule has 1 N–H and O–H groups in total. The van der Waals surface area contributed by atoms with Crippen LogP contribution in [0.2, 0.25) is 0 Å². The number of fused-ring (bicyclic) bond motifs is 1. The van der Waals surface area contributed by atoms with Gasteiger partial charge in [0.25, 0.3) is 0 Å². The zero-order chi connectivity index (χ0) is 17.9. The van der Waals surface area contributed by atoms with E-state index in [1.54, 1.807) is 29.5 Å². The number of carbonyl (C=O) groups excluding carboxylic acids is 1. The van der Waals surface area contributed by atoms with E-state index in [-0.39, 0.29) is 18.1 Å². The number of rotatable bonds is 4. The Kier molecular flexibility index (Phi) is 4.95. The van der Waals surface area contributed by atoms with Crippen molar-refractivity contribution in [2.24, 2.45) is 0 Å². The predicted octanol–water partition coefficient (Wildman–Crippen LogP) is 1.91. The third kappa shape index (κ3) is 3.76. The van der Waals surface area contributed by atoms with Gasteiger partial charge >= 0.3 is 0 Å². The van der Waals surface area contributed by atoms with Gasteiger partial charge < -0.3 is 9.80 Å². The molecule has 4 rings (SSSR count). The number of hydrogen-bond donors (Lipinski definition) is 1. The van der Waals surface area contributed by atoms with Gasteiger partial charge in [-0.1, -0.05) is 30.3 Å². The summed E-state index contributed by atoms with van der Waals surface area (Å²) >= 11 is 1.75. The highest BCUT2D eigenvalue weighted by Crippen LogP contribution is 2.20. The first-order valence-electron chi connectivity index (χ1n) is 8.88. The highest BCUT2D eigenvalue weighted by atomic mass is 32.1. The molecule has 1 saturated heterocycles. The van der Waals surface area contributed by atoms with Gasteiger partial charge in [-0.3, -0.25) is 4.79 Å². The fourth-order valence-corrected chi connectivity index (χ4v) is 4.41. The number of halogens is 1. The van der Waals surface area contributed by atoms with Gasteiger partial charge in [0.05, 0.1) is 42.8 Å². The highest BCUT2D eigenvalue weighted by Gasteiger charge is 2.25. The molecule has 1 aliphatic rings. The predicted molar refractivity (Wildman–Crippen MR) is 101 cm³/mol. The van der Waals surface area contributed by atoms with Crippen LogP contribution in [0.1, 0.15) is 10.6 Å². The number of amides is 1. The van der Waals surface area contributed by atoms with Gasteiger partial charge in [0.15, 0.2) is 0 Å². The molecule has 2 heterocycles. The zero-order valence-corrected chi connectivity index (χ0v) is 15.3. The Balaban J connectivity index is 1.32. The first-order valence-corrected chi connectivity index (χ1v) is 9.70. The van der Waals surface area contributed by atoms with Crippen LogP contribution in [0, 0.1) is 5.82 Å². The van der Waals surface area contributed by atoms with Crippen molar-refractivity contribution >= 4 is 27.5 Å². The molecule has 1 aliphatic heterocycles. The molecule has 2 aromatic carbocycles. The molecule has 1 aromatic heterocycles. The Hall–Kier alpha value is -2.31. The Bertz CT molecular complexity index is 885. The minimum Gasteiger partial charge on any atom is -0.331 e. The topological polar surface area (TPSA) is 37.6 Å². The molecule has 0 unspecified atom stereocenters. The van der Waals surface area contributed by atoms with Crippen LogP contribution in [-0.4, -0.2) is 42.0 Å². The molecule has 0 spiro atoms. The number of nitrogens with one attached hydrogen (secondary N) is 1. The van der Waals surface area contributed by atoms with E-state index in [2.05, 4.69) is 6.07 Å². The van der Waals surface area contributed by atoms with E-state index in [1.807, 2.05) is 23.1 Å². The third-order valence-corrected chi connectivity index (χ3v) is 5.90. The van der Waals surface area contributed by atoms with E-state index in [9.17, 15) is 9.18 Å². The van der Waals surface area contributed by atoms with Gasteiger partial charge in [0.2, 0.25) is 5.91 Å². The number of para-hydroxylation sites is 1. The number of benzene rings is 2. The van der Waals surface area contributed by atoms with Gasteiger partial charge in [-0.25, -0.2) is 9.37 Å². The van der Waals surface area contributed by atoms with Crippen molar-refractivity contribution in [1.82, 2.24) is 9.88 Å². The Morgan fingerprint density at radius 1 is 1.12 bits per heavy atom. The van der Waals surface area contributed by atoms with E-state index in [0.29, 0.717) is 18.7 Å². The van der Waals surface area contributed by atoms with Crippen molar-refractivity contribution in [3.63, 3.8) is 0 Å². The summed E-state index contributed by atoms with van der Waals surface area (Å²) in [4.78, 5) is 20.4. The van der Waals surface area contributed by atoms with Crippen LogP contribution in [0.15, 0.2) is 48.5 Å². The summed E-state index contributed by atoms with van der Waals surface area (Å²) < 4.78 is 15.0. The molecule has 0 bridgehead atoms. The van der Waals surface area contributed by atoms with Gasteiger partial charge in [0.1, 0.15) is 17.4 Å². The summed E-state index contributed by atoms with van der Waals surface area (Å²) in [5.74, 6) is -0.296. The average Bonchev–Trinajstić information content (AvgIpc) is 3.06. The monoisotopic (exact) mass is 370 g/mol. The summed E-state index contributed by atoms with van der Waals surface area (Å²) in [7, 11) is 0. The molecule has 3 aromatic rings. The minimum atomic E-state index is -0.305. The lowest BCUT2D eigenvalue weighted by Gasteiger charge is -2.32. The highest BCUT2D eigenvalue weighted by molar-refractivity contribution is 7.18. The Labute approximate surface area is 155 Å². The van der Waals surface area contributed by atoms with E-state index in [4.69, 9.17) is 4.98 Å². The molecule has 0 aliphatic carbocycles. The molecule has 0 atom stereocenters. The lowest BCUT2D eigenvalue weighted by Crippen LogP contribution is -3.13. The first-order chi connectivity index (χ1) is 12.7. The van der Waals surface area contributed by atoms with Crippen LogP contribution in [0.5, 0.6) is 0 Å². The van der Waals surface area contributed by atoms with Gasteiger partial charge in [-0.05, 0) is 23.8 Å². The van der Waals surface area contributed by atoms with Crippen molar-refractivity contribution in [3.05, 3.63) is 64.9 Å². The number of carbonyl (C=O) groups is 1. The smallest absolute Gasteiger partial charge is 0.227 e. The van der Waals surface area contributed by atoms with E-state index >= 15 is 0 Å². The van der Waals surface area contributed by atoms with E-state index in [0.717, 1.165) is 30.2 Å². The summed E-state index contributed by atoms with van der Waals surface area (Å²) in [6, 6.07) is 14.7. The SMILES string of the molecule is O=C(Cc1ccccc1F)N1CC[NH+](Cc2nc3ccccc3s2)CC1. The average molecular weight is 370 g/mol. The zero-order valence-electron chi connectivity index (χ0n) is 14.5. The van der Waals surface area contributed by atoms with Crippen LogP contribution in [0.4, 0.5) is 4.39 Å². The molecular formula is C20H21FN3OS+. The van der Waals surface area contributed by atoms with Crippen LogP contribution in [0.25, 0.3) is 10.2 Å². The lowest BCUT2D eigenvalue weighted by molar-refractivity contribution is -0.917. The molecule has 1 fully saturated rings. The Morgan fingerprint density at radius 3 is 2.62 bits per heavy atom. The third-order valence-electron chi connectivity index (χ3n) is 4.86. The maximum atomic E-state index is 13.7. The lowest BCUT2D eigenvalue weighted by atomic mass is 10.1. The maximum Gasteiger partial charge on any atom is 0.227 e. The normalized spacial score (nSPS) is 15.5. The number of aromatic nitrogens is 1. The standard InChI is InChI=1S/C20H20FN3OS/c21-16-6-2-1-5-15(16)13-20(25)24-11-9-23(10-12-24)14-19-22-17-7-3-4-8-18(17)26-19/h1-8H,9-14H2/p+1. The second-order valence-electron chi connectivity index (χ2n) is 6.65. The molecule has 6 heteroatoms. The molecule has 26 heavy (non-hydrogen) atoms. The molecule has 0 radical (unpaired) electrons. The second kappa shape index (κ2) is 7.51. The first kappa shape index (κ1) is 17.1. The molecule has 1 amide bonds. The van der Waals surface area contributed by atoms with Crippen molar-refractivity contribution in [1.29, 1.82) is 0 Å². The molecule has 0 saturated carbocycles. The number of hydrogen-bond acceptors (Lipinski definition) is 3. The Morgan fingerprint density at radius 2 is 1.85 bits per heavy atom. The maximum absolute atomic E-state index is 13.7. The molecule has 4 nitrogen and oxygen atoms in total. The minimum absolute atomic E-state index is 0.00846. The van der Waals surface area contributed by atoms with Gasteiger partial charge in [0, 0.05) is 0 Å². The van der Waals surface area contributed by atoms with Crippen LogP contribution < -0.4 is 4.90 Å².